The van der Waals surface area contributed by atoms with Gasteiger partial charge >= 0.3 is 6.09 Å². The lowest BCUT2D eigenvalue weighted by atomic mass is 10.0. The van der Waals surface area contributed by atoms with Crippen LogP contribution in [0.25, 0.3) is 0 Å². The fourth-order valence-electron chi connectivity index (χ4n) is 4.92. The van der Waals surface area contributed by atoms with Crippen LogP contribution in [0.5, 0.6) is 5.88 Å². The Bertz CT molecular complexity index is 868. The molecule has 1 amide bonds. The van der Waals surface area contributed by atoms with Gasteiger partial charge in [-0.2, -0.15) is 0 Å². The summed E-state index contributed by atoms with van der Waals surface area (Å²) in [6, 6.07) is 8.13. The van der Waals surface area contributed by atoms with Crippen LogP contribution in [0.3, 0.4) is 0 Å². The van der Waals surface area contributed by atoms with Crippen LogP contribution in [-0.4, -0.2) is 51.6 Å². The molecule has 2 heterocycles. The third kappa shape index (κ3) is 5.42. The van der Waals surface area contributed by atoms with Gasteiger partial charge in [0.05, 0.1) is 12.5 Å². The number of carbonyl (C=O) groups is 1. The second-order valence-corrected chi connectivity index (χ2v) is 9.58. The molecular weight excluding hydrogens is 412 g/mol. The number of amides is 1. The first-order chi connectivity index (χ1) is 15.0. The number of piperidine rings is 1. The van der Waals surface area contributed by atoms with Crippen LogP contribution in [-0.2, 0) is 13.6 Å². The van der Waals surface area contributed by atoms with Crippen LogP contribution >= 0.6 is 11.6 Å². The lowest BCUT2D eigenvalue weighted by Crippen LogP contribution is -2.40. The standard InChI is InChI=1S/C24H33ClN4O2/c1-4-17(5-2)11-29(24(30)31-23-15-27(3)16-26-23)14-22-20-12-28(13-21(20)22)10-18-6-8-19(25)9-7-18/h6-9,15-17,20-22H,4-5,10-14H2,1-3H3. The van der Waals surface area contributed by atoms with Gasteiger partial charge in [-0.3, -0.25) is 4.90 Å². The highest BCUT2D eigenvalue weighted by atomic mass is 35.5. The second kappa shape index (κ2) is 9.61. The molecule has 1 aromatic heterocycles. The van der Waals surface area contributed by atoms with Crippen LogP contribution in [0.15, 0.2) is 36.8 Å². The number of aryl methyl sites for hydroxylation is 1. The minimum atomic E-state index is -0.270. The number of rotatable bonds is 9. The number of likely N-dealkylation sites (tertiary alicyclic amines) is 1. The van der Waals surface area contributed by atoms with Gasteiger partial charge < -0.3 is 14.2 Å². The molecule has 4 rings (SSSR count). The zero-order valence-corrected chi connectivity index (χ0v) is 19.5. The van der Waals surface area contributed by atoms with E-state index in [-0.39, 0.29) is 6.09 Å². The SMILES string of the molecule is CCC(CC)CN(CC1C2CN(Cc3ccc(Cl)cc3)CC21)C(=O)Oc1cn(C)cn1. The number of carbonyl (C=O) groups excluding carboxylic acids is 1. The number of halogens is 1. The van der Waals surface area contributed by atoms with Crippen molar-refractivity contribution in [2.45, 2.75) is 33.2 Å². The molecule has 2 unspecified atom stereocenters. The molecule has 0 bridgehead atoms. The quantitative estimate of drug-likeness (QED) is 0.563. The topological polar surface area (TPSA) is 50.6 Å². The van der Waals surface area contributed by atoms with Gasteiger partial charge in [0, 0.05) is 44.8 Å². The summed E-state index contributed by atoms with van der Waals surface area (Å²) in [7, 11) is 1.87. The van der Waals surface area contributed by atoms with E-state index in [0.717, 1.165) is 50.6 Å². The van der Waals surface area contributed by atoms with Crippen LogP contribution in [0, 0.1) is 23.7 Å². The number of hydrogen-bond donors (Lipinski definition) is 0. The van der Waals surface area contributed by atoms with E-state index in [4.69, 9.17) is 16.3 Å². The summed E-state index contributed by atoms with van der Waals surface area (Å²) in [5.74, 6) is 2.80. The Balaban J connectivity index is 1.32. The van der Waals surface area contributed by atoms with Crippen LogP contribution in [0.1, 0.15) is 32.3 Å². The molecule has 0 radical (unpaired) electrons. The maximum Gasteiger partial charge on any atom is 0.416 e. The molecule has 1 saturated carbocycles. The summed E-state index contributed by atoms with van der Waals surface area (Å²) in [4.78, 5) is 21.5. The van der Waals surface area contributed by atoms with Gasteiger partial charge in [-0.1, -0.05) is 50.4 Å². The minimum absolute atomic E-state index is 0.270. The van der Waals surface area contributed by atoms with Gasteiger partial charge in [-0.15, -0.1) is 0 Å². The Morgan fingerprint density at radius 3 is 2.48 bits per heavy atom. The number of hydrogen-bond acceptors (Lipinski definition) is 4. The first kappa shape index (κ1) is 22.2. The maximum atomic E-state index is 12.9. The number of ether oxygens (including phenoxy) is 1. The molecule has 1 aliphatic heterocycles. The number of fused-ring (bicyclic) bond motifs is 1. The second-order valence-electron chi connectivity index (χ2n) is 9.14. The lowest BCUT2D eigenvalue weighted by Gasteiger charge is -2.27. The Kier molecular flexibility index (Phi) is 6.87. The van der Waals surface area contributed by atoms with Gasteiger partial charge in [0.1, 0.15) is 0 Å². The highest BCUT2D eigenvalue weighted by Gasteiger charge is 2.56. The first-order valence-electron chi connectivity index (χ1n) is 11.4. The molecule has 2 aliphatic rings. The highest BCUT2D eigenvalue weighted by Crippen LogP contribution is 2.52. The normalized spacial score (nSPS) is 22.5. The van der Waals surface area contributed by atoms with Crippen LogP contribution in [0.2, 0.25) is 5.02 Å². The Morgan fingerprint density at radius 2 is 1.90 bits per heavy atom. The summed E-state index contributed by atoms with van der Waals surface area (Å²) in [6.07, 6.45) is 5.24. The van der Waals surface area contributed by atoms with Gasteiger partial charge in [-0.05, 0) is 41.4 Å². The van der Waals surface area contributed by atoms with Crippen molar-refractivity contribution in [2.75, 3.05) is 26.2 Å². The van der Waals surface area contributed by atoms with Crippen LogP contribution < -0.4 is 4.74 Å². The van der Waals surface area contributed by atoms with Gasteiger partial charge in [-0.25, -0.2) is 9.78 Å². The Hall–Kier alpha value is -2.05. The molecule has 2 fully saturated rings. The van der Waals surface area contributed by atoms with E-state index in [1.54, 1.807) is 17.1 Å². The average Bonchev–Trinajstić information content (AvgIpc) is 3.07. The summed E-state index contributed by atoms with van der Waals surface area (Å²) < 4.78 is 7.37. The molecule has 168 valence electrons. The molecule has 0 spiro atoms. The zero-order chi connectivity index (χ0) is 22.0. The molecular formula is C24H33ClN4O2. The smallest absolute Gasteiger partial charge is 0.389 e. The molecule has 31 heavy (non-hydrogen) atoms. The summed E-state index contributed by atoms with van der Waals surface area (Å²) in [6.45, 7) is 9.09. The van der Waals surface area contributed by atoms with Crippen molar-refractivity contribution in [1.29, 1.82) is 0 Å². The van der Waals surface area contributed by atoms with E-state index in [1.807, 2.05) is 24.1 Å². The van der Waals surface area contributed by atoms with Crippen molar-refractivity contribution in [2.24, 2.45) is 30.7 Å². The van der Waals surface area contributed by atoms with E-state index < -0.39 is 0 Å². The first-order valence-corrected chi connectivity index (χ1v) is 11.8. The lowest BCUT2D eigenvalue weighted by molar-refractivity contribution is 0.133. The van der Waals surface area contributed by atoms with Crippen molar-refractivity contribution >= 4 is 17.7 Å². The third-order valence-corrected chi connectivity index (χ3v) is 7.21. The fourth-order valence-corrected chi connectivity index (χ4v) is 5.04. The number of nitrogens with zero attached hydrogens (tertiary/aromatic N) is 4. The Labute approximate surface area is 190 Å². The van der Waals surface area contributed by atoms with Gasteiger partial charge in [0.15, 0.2) is 0 Å². The van der Waals surface area contributed by atoms with Crippen molar-refractivity contribution < 1.29 is 9.53 Å². The predicted molar refractivity (Wildman–Crippen MR) is 122 cm³/mol. The van der Waals surface area contributed by atoms with E-state index >= 15 is 0 Å². The molecule has 1 saturated heterocycles. The summed E-state index contributed by atoms with van der Waals surface area (Å²) in [5.41, 5.74) is 1.30. The number of benzene rings is 1. The molecule has 6 nitrogen and oxygen atoms in total. The molecule has 1 aromatic carbocycles. The highest BCUT2D eigenvalue weighted by molar-refractivity contribution is 6.30. The van der Waals surface area contributed by atoms with Gasteiger partial charge in [0.2, 0.25) is 5.88 Å². The van der Waals surface area contributed by atoms with E-state index in [2.05, 4.69) is 35.9 Å². The number of aromatic nitrogens is 2. The van der Waals surface area contributed by atoms with E-state index in [0.29, 0.717) is 29.6 Å². The minimum Gasteiger partial charge on any atom is -0.389 e. The van der Waals surface area contributed by atoms with Crippen LogP contribution in [0.4, 0.5) is 4.79 Å². The maximum absolute atomic E-state index is 12.9. The molecule has 7 heteroatoms. The van der Waals surface area contributed by atoms with Gasteiger partial charge in [0.25, 0.3) is 0 Å². The van der Waals surface area contributed by atoms with Crippen molar-refractivity contribution in [3.05, 3.63) is 47.4 Å². The van der Waals surface area contributed by atoms with E-state index in [9.17, 15) is 4.79 Å². The summed E-state index contributed by atoms with van der Waals surface area (Å²) >= 11 is 6.00. The van der Waals surface area contributed by atoms with Crippen molar-refractivity contribution in [1.82, 2.24) is 19.4 Å². The van der Waals surface area contributed by atoms with Crippen molar-refractivity contribution in [3.8, 4) is 5.88 Å². The Morgan fingerprint density at radius 1 is 1.23 bits per heavy atom. The monoisotopic (exact) mass is 444 g/mol. The molecule has 2 atom stereocenters. The molecule has 0 N–H and O–H groups in total. The predicted octanol–water partition coefficient (Wildman–Crippen LogP) is 4.69. The largest absolute Gasteiger partial charge is 0.416 e. The molecule has 1 aliphatic carbocycles. The average molecular weight is 445 g/mol. The van der Waals surface area contributed by atoms with Crippen molar-refractivity contribution in [3.63, 3.8) is 0 Å². The fraction of sp³-hybridized carbons (Fsp3) is 0.583. The molecule has 2 aromatic rings. The summed E-state index contributed by atoms with van der Waals surface area (Å²) in [5, 5.41) is 0.781. The van der Waals surface area contributed by atoms with E-state index in [1.165, 1.54) is 5.56 Å². The third-order valence-electron chi connectivity index (χ3n) is 6.96. The number of imidazole rings is 1. The zero-order valence-electron chi connectivity index (χ0n) is 18.7.